The van der Waals surface area contributed by atoms with E-state index in [4.69, 9.17) is 0 Å². The number of nitrogens with one attached hydrogen (secondary N) is 1. The quantitative estimate of drug-likeness (QED) is 0.920. The summed E-state index contributed by atoms with van der Waals surface area (Å²) in [7, 11) is 0. The van der Waals surface area contributed by atoms with E-state index in [-0.39, 0.29) is 5.56 Å². The lowest BCUT2D eigenvalue weighted by molar-refractivity contribution is 0.257. The first-order valence-corrected chi connectivity index (χ1v) is 7.89. The molecule has 4 rings (SSSR count). The van der Waals surface area contributed by atoms with Gasteiger partial charge in [-0.1, -0.05) is 11.3 Å². The van der Waals surface area contributed by atoms with Gasteiger partial charge in [-0.2, -0.15) is 4.52 Å². The summed E-state index contributed by atoms with van der Waals surface area (Å²) in [6, 6.07) is 3.29. The van der Waals surface area contributed by atoms with E-state index < -0.39 is 0 Å². The molecule has 2 aromatic rings. The van der Waals surface area contributed by atoms with Gasteiger partial charge >= 0.3 is 0 Å². The highest BCUT2D eigenvalue weighted by atomic mass is 32.1. The van der Waals surface area contributed by atoms with E-state index in [0.29, 0.717) is 17.0 Å². The molecular weight excluding hydrogens is 274 g/mol. The van der Waals surface area contributed by atoms with E-state index in [1.54, 1.807) is 0 Å². The van der Waals surface area contributed by atoms with Crippen LogP contribution in [0, 0.1) is 0 Å². The van der Waals surface area contributed by atoms with Crippen LogP contribution in [0.15, 0.2) is 17.1 Å². The first kappa shape index (κ1) is 12.3. The molecule has 20 heavy (non-hydrogen) atoms. The van der Waals surface area contributed by atoms with Gasteiger partial charge in [0.15, 0.2) is 0 Å². The Bertz CT molecular complexity index is 691. The molecule has 106 valence electrons. The van der Waals surface area contributed by atoms with Gasteiger partial charge in [-0.25, -0.2) is 4.98 Å². The monoisotopic (exact) mass is 291 g/mol. The number of rotatable bonds is 3. The number of anilines is 1. The van der Waals surface area contributed by atoms with Crippen LogP contribution in [0.4, 0.5) is 5.13 Å². The van der Waals surface area contributed by atoms with Gasteiger partial charge in [0.2, 0.25) is 10.1 Å². The Morgan fingerprint density at radius 2 is 2.30 bits per heavy atom. The van der Waals surface area contributed by atoms with E-state index in [2.05, 4.69) is 27.2 Å². The molecule has 2 aliphatic rings. The second kappa shape index (κ2) is 4.53. The van der Waals surface area contributed by atoms with Crippen molar-refractivity contribution in [1.29, 1.82) is 0 Å². The third-order valence-electron chi connectivity index (χ3n) is 4.14. The Morgan fingerprint density at radius 1 is 1.45 bits per heavy atom. The van der Waals surface area contributed by atoms with E-state index in [9.17, 15) is 4.79 Å². The van der Waals surface area contributed by atoms with E-state index in [0.717, 1.165) is 24.1 Å². The minimum atomic E-state index is -0.126. The molecule has 0 aromatic carbocycles. The van der Waals surface area contributed by atoms with Crippen LogP contribution in [0.25, 0.3) is 4.96 Å². The lowest BCUT2D eigenvalue weighted by Gasteiger charge is -2.19. The highest BCUT2D eigenvalue weighted by molar-refractivity contribution is 7.20. The number of likely N-dealkylation sites (tertiary alicyclic amines) is 1. The van der Waals surface area contributed by atoms with Crippen LogP contribution in [-0.2, 0) is 0 Å². The topological polar surface area (TPSA) is 62.5 Å². The summed E-state index contributed by atoms with van der Waals surface area (Å²) in [6.45, 7) is 3.37. The summed E-state index contributed by atoms with van der Waals surface area (Å²) in [5, 5.41) is 8.57. The highest BCUT2D eigenvalue weighted by Gasteiger charge is 2.38. The van der Waals surface area contributed by atoms with Crippen LogP contribution in [0.2, 0.25) is 0 Å². The molecule has 0 spiro atoms. The number of hydrogen-bond acceptors (Lipinski definition) is 6. The maximum atomic E-state index is 11.7. The Kier molecular flexibility index (Phi) is 2.78. The van der Waals surface area contributed by atoms with Gasteiger partial charge in [0.05, 0.1) is 0 Å². The molecule has 1 aliphatic carbocycles. The summed E-state index contributed by atoms with van der Waals surface area (Å²) in [4.78, 5) is 19.1. The molecule has 1 N–H and O–H groups in total. The molecule has 0 amide bonds. The molecule has 1 saturated carbocycles. The Hall–Kier alpha value is -1.47. The van der Waals surface area contributed by atoms with Crippen molar-refractivity contribution in [2.24, 2.45) is 0 Å². The first-order valence-electron chi connectivity index (χ1n) is 7.08. The van der Waals surface area contributed by atoms with Crippen molar-refractivity contribution in [2.75, 3.05) is 11.9 Å². The molecule has 2 fully saturated rings. The van der Waals surface area contributed by atoms with Crippen molar-refractivity contribution >= 4 is 21.4 Å². The summed E-state index contributed by atoms with van der Waals surface area (Å²) in [6.07, 6.45) is 5.36. The minimum absolute atomic E-state index is 0.126. The fraction of sp³-hybridized carbons (Fsp3) is 0.615. The van der Waals surface area contributed by atoms with Crippen molar-refractivity contribution in [3.05, 3.63) is 22.6 Å². The zero-order valence-electron chi connectivity index (χ0n) is 11.3. The molecule has 2 atom stereocenters. The highest BCUT2D eigenvalue weighted by Crippen LogP contribution is 2.34. The molecule has 6 nitrogen and oxygen atoms in total. The van der Waals surface area contributed by atoms with Crippen LogP contribution in [-0.4, -0.2) is 44.2 Å². The third kappa shape index (κ3) is 2.10. The van der Waals surface area contributed by atoms with Gasteiger partial charge < -0.3 is 5.32 Å². The number of hydrogen-bond donors (Lipinski definition) is 1. The number of nitrogens with zero attached hydrogens (tertiary/aromatic N) is 4. The zero-order valence-corrected chi connectivity index (χ0v) is 12.1. The van der Waals surface area contributed by atoms with Crippen molar-refractivity contribution in [1.82, 2.24) is 19.5 Å². The Morgan fingerprint density at radius 3 is 3.05 bits per heavy atom. The van der Waals surface area contributed by atoms with Crippen molar-refractivity contribution < 1.29 is 0 Å². The predicted molar refractivity (Wildman–Crippen MR) is 78.4 cm³/mol. The van der Waals surface area contributed by atoms with Gasteiger partial charge in [-0.05, 0) is 26.2 Å². The molecule has 3 heterocycles. The molecule has 0 radical (unpaired) electrons. The number of fused-ring (bicyclic) bond motifs is 1. The van der Waals surface area contributed by atoms with Crippen LogP contribution >= 0.6 is 11.3 Å². The zero-order chi connectivity index (χ0) is 13.7. The number of aromatic nitrogens is 3. The lowest BCUT2D eigenvalue weighted by Crippen LogP contribution is -2.31. The smallest absolute Gasteiger partial charge is 0.275 e. The molecule has 0 bridgehead atoms. The van der Waals surface area contributed by atoms with Crippen molar-refractivity contribution in [2.45, 2.75) is 44.3 Å². The second-order valence-corrected chi connectivity index (χ2v) is 6.69. The van der Waals surface area contributed by atoms with Crippen LogP contribution in [0.3, 0.4) is 0 Å². The van der Waals surface area contributed by atoms with Crippen molar-refractivity contribution in [3.8, 4) is 0 Å². The van der Waals surface area contributed by atoms with Gasteiger partial charge in [0, 0.05) is 36.9 Å². The van der Waals surface area contributed by atoms with Gasteiger partial charge in [0.25, 0.3) is 5.56 Å². The molecule has 7 heteroatoms. The summed E-state index contributed by atoms with van der Waals surface area (Å²) in [5.41, 5.74) is -0.126. The van der Waals surface area contributed by atoms with E-state index in [1.807, 2.05) is 0 Å². The fourth-order valence-electron chi connectivity index (χ4n) is 3.05. The SMILES string of the molecule is CC1CC(Nc2nn3c(=O)ccnc3s2)CN1C1CC1. The van der Waals surface area contributed by atoms with Gasteiger partial charge in [0.1, 0.15) is 0 Å². The fourth-order valence-corrected chi connectivity index (χ4v) is 3.90. The van der Waals surface area contributed by atoms with Gasteiger partial charge in [-0.15, -0.1) is 5.10 Å². The van der Waals surface area contributed by atoms with Crippen LogP contribution in [0.5, 0.6) is 0 Å². The lowest BCUT2D eigenvalue weighted by atomic mass is 10.2. The van der Waals surface area contributed by atoms with E-state index in [1.165, 1.54) is 41.0 Å². The Balaban J connectivity index is 1.53. The second-order valence-electron chi connectivity index (χ2n) is 5.74. The first-order chi connectivity index (χ1) is 9.70. The van der Waals surface area contributed by atoms with E-state index >= 15 is 0 Å². The van der Waals surface area contributed by atoms with Crippen LogP contribution < -0.4 is 10.9 Å². The largest absolute Gasteiger partial charge is 0.356 e. The predicted octanol–water partition coefficient (Wildman–Crippen LogP) is 1.19. The normalized spacial score (nSPS) is 27.2. The molecular formula is C13H17N5OS. The maximum Gasteiger partial charge on any atom is 0.275 e. The average molecular weight is 291 g/mol. The maximum absolute atomic E-state index is 11.7. The summed E-state index contributed by atoms with van der Waals surface area (Å²) >= 11 is 1.44. The Labute approximate surface area is 120 Å². The average Bonchev–Trinajstić information content (AvgIpc) is 3.07. The third-order valence-corrected chi connectivity index (χ3v) is 4.99. The van der Waals surface area contributed by atoms with Crippen LogP contribution in [0.1, 0.15) is 26.2 Å². The van der Waals surface area contributed by atoms with Gasteiger partial charge in [-0.3, -0.25) is 9.69 Å². The molecule has 2 unspecified atom stereocenters. The summed E-state index contributed by atoms with van der Waals surface area (Å²) < 4.78 is 1.37. The standard InChI is InChI=1S/C13H17N5OS/c1-8-6-9(7-17(8)10-2-3-10)15-12-16-18-11(19)4-5-14-13(18)20-12/h4-5,8-10H,2-3,6-7H2,1H3,(H,15,16). The molecule has 1 aliphatic heterocycles. The minimum Gasteiger partial charge on any atom is -0.356 e. The van der Waals surface area contributed by atoms with Crippen molar-refractivity contribution in [3.63, 3.8) is 0 Å². The molecule has 1 saturated heterocycles. The molecule has 2 aromatic heterocycles. The summed E-state index contributed by atoms with van der Waals surface area (Å²) in [5.74, 6) is 0.